The summed E-state index contributed by atoms with van der Waals surface area (Å²) < 4.78 is 10.2. The molecule has 0 saturated carbocycles. The lowest BCUT2D eigenvalue weighted by molar-refractivity contribution is -0.290. The molecule has 2 saturated heterocycles. The summed E-state index contributed by atoms with van der Waals surface area (Å²) in [6.45, 7) is -1.17. The van der Waals surface area contributed by atoms with Crippen LogP contribution in [0.3, 0.4) is 0 Å². The minimum atomic E-state index is -2.42. The van der Waals surface area contributed by atoms with Crippen molar-refractivity contribution in [2.24, 2.45) is 0 Å². The van der Waals surface area contributed by atoms with Gasteiger partial charge in [0.25, 0.3) is 0 Å². The second-order valence-electron chi connectivity index (χ2n) is 5.53. The zero-order valence-electron chi connectivity index (χ0n) is 11.5. The molecule has 0 aromatic rings. The normalized spacial score (nSPS) is 50.8. The standard InChI is InChI=1S/C12H20O10/c13-1-4(15)10-12(20,6(16)3-21-10)11-9(19)8(18)7(17)5(2-14)22-11/h1,4-11,14-20H,2-3H2/t4-,5-,6+,7+,8+,9-,10+,11?,12-/m1/s1. The molecule has 0 radical (unpaired) electrons. The van der Waals surface area contributed by atoms with Crippen LogP contribution >= 0.6 is 0 Å². The molecule has 0 spiro atoms. The lowest BCUT2D eigenvalue weighted by Gasteiger charge is -2.47. The highest BCUT2D eigenvalue weighted by Gasteiger charge is 2.63. The first-order valence-corrected chi connectivity index (χ1v) is 6.74. The van der Waals surface area contributed by atoms with Crippen molar-refractivity contribution in [1.82, 2.24) is 0 Å². The first kappa shape index (κ1) is 17.7. The van der Waals surface area contributed by atoms with E-state index in [1.807, 2.05) is 0 Å². The van der Waals surface area contributed by atoms with E-state index in [0.717, 1.165) is 0 Å². The zero-order chi connectivity index (χ0) is 16.7. The fourth-order valence-electron chi connectivity index (χ4n) is 2.93. The predicted molar refractivity (Wildman–Crippen MR) is 66.5 cm³/mol. The summed E-state index contributed by atoms with van der Waals surface area (Å²) in [5.74, 6) is 0. The summed E-state index contributed by atoms with van der Waals surface area (Å²) in [4.78, 5) is 10.7. The third-order valence-electron chi connectivity index (χ3n) is 4.22. The Bertz CT molecular complexity index is 403. The first-order chi connectivity index (χ1) is 10.3. The van der Waals surface area contributed by atoms with Crippen LogP contribution in [0.4, 0.5) is 0 Å². The van der Waals surface area contributed by atoms with Crippen molar-refractivity contribution in [3.05, 3.63) is 0 Å². The topological polar surface area (TPSA) is 177 Å². The molecule has 7 N–H and O–H groups in total. The van der Waals surface area contributed by atoms with Gasteiger partial charge in [-0.3, -0.25) is 0 Å². The fourth-order valence-corrected chi connectivity index (χ4v) is 2.93. The first-order valence-electron chi connectivity index (χ1n) is 6.74. The maximum absolute atomic E-state index is 10.7. The largest absolute Gasteiger partial charge is 0.394 e. The molecule has 1 unspecified atom stereocenters. The molecule has 0 aromatic carbocycles. The van der Waals surface area contributed by atoms with Crippen LogP contribution in [0.15, 0.2) is 0 Å². The van der Waals surface area contributed by atoms with Crippen LogP contribution in [0.2, 0.25) is 0 Å². The molecule has 10 nitrogen and oxygen atoms in total. The number of aliphatic hydroxyl groups is 7. The van der Waals surface area contributed by atoms with Crippen LogP contribution in [0.25, 0.3) is 0 Å². The van der Waals surface area contributed by atoms with Crippen molar-refractivity contribution in [2.75, 3.05) is 13.2 Å². The summed E-state index contributed by atoms with van der Waals surface area (Å²) in [7, 11) is 0. The Morgan fingerprint density at radius 2 is 1.82 bits per heavy atom. The van der Waals surface area contributed by atoms with E-state index >= 15 is 0 Å². The predicted octanol–water partition coefficient (Wildman–Crippen LogP) is -5.12. The molecular weight excluding hydrogens is 304 g/mol. The summed E-state index contributed by atoms with van der Waals surface area (Å²) in [5, 5.41) is 68.9. The highest BCUT2D eigenvalue weighted by molar-refractivity contribution is 5.57. The number of rotatable bonds is 4. The molecule has 128 valence electrons. The van der Waals surface area contributed by atoms with Gasteiger partial charge in [-0.25, -0.2) is 0 Å². The zero-order valence-corrected chi connectivity index (χ0v) is 11.5. The third-order valence-corrected chi connectivity index (χ3v) is 4.22. The van der Waals surface area contributed by atoms with Crippen molar-refractivity contribution in [3.63, 3.8) is 0 Å². The van der Waals surface area contributed by atoms with E-state index in [9.17, 15) is 35.4 Å². The second-order valence-corrected chi connectivity index (χ2v) is 5.53. The molecule has 2 aliphatic heterocycles. The van der Waals surface area contributed by atoms with Gasteiger partial charge in [0.2, 0.25) is 0 Å². The highest BCUT2D eigenvalue weighted by Crippen LogP contribution is 2.38. The molecule has 2 heterocycles. The van der Waals surface area contributed by atoms with Crippen LogP contribution in [0.1, 0.15) is 0 Å². The smallest absolute Gasteiger partial charge is 0.151 e. The number of carbonyl (C=O) groups is 1. The fraction of sp³-hybridized carbons (Fsp3) is 0.917. The molecule has 9 atom stereocenters. The molecule has 2 fully saturated rings. The van der Waals surface area contributed by atoms with Gasteiger partial charge in [0.1, 0.15) is 48.8 Å². The van der Waals surface area contributed by atoms with E-state index in [4.69, 9.17) is 14.6 Å². The molecular formula is C12H20O10. The van der Waals surface area contributed by atoms with Crippen molar-refractivity contribution >= 4 is 6.29 Å². The van der Waals surface area contributed by atoms with Crippen LogP contribution in [-0.2, 0) is 14.3 Å². The van der Waals surface area contributed by atoms with Crippen LogP contribution < -0.4 is 0 Å². The van der Waals surface area contributed by atoms with E-state index in [1.165, 1.54) is 0 Å². The monoisotopic (exact) mass is 324 g/mol. The molecule has 10 heteroatoms. The Labute approximate surface area is 125 Å². The number of aldehydes is 1. The number of hydrogen-bond acceptors (Lipinski definition) is 10. The number of hydrogen-bond donors (Lipinski definition) is 7. The molecule has 22 heavy (non-hydrogen) atoms. The lowest BCUT2D eigenvalue weighted by atomic mass is 9.78. The van der Waals surface area contributed by atoms with E-state index in [2.05, 4.69) is 0 Å². The Morgan fingerprint density at radius 1 is 1.18 bits per heavy atom. The summed E-state index contributed by atoms with van der Waals surface area (Å²) >= 11 is 0. The van der Waals surface area contributed by atoms with Gasteiger partial charge in [0.15, 0.2) is 11.9 Å². The number of carbonyl (C=O) groups excluding carboxylic acids is 1. The molecule has 0 amide bonds. The lowest BCUT2D eigenvalue weighted by Crippen LogP contribution is -2.71. The molecule has 2 rings (SSSR count). The Morgan fingerprint density at radius 3 is 2.36 bits per heavy atom. The van der Waals surface area contributed by atoms with E-state index < -0.39 is 67.6 Å². The van der Waals surface area contributed by atoms with Gasteiger partial charge in [-0.2, -0.15) is 0 Å². The van der Waals surface area contributed by atoms with Crippen LogP contribution in [-0.4, -0.2) is 110 Å². The van der Waals surface area contributed by atoms with Crippen molar-refractivity contribution in [2.45, 2.75) is 54.4 Å². The maximum atomic E-state index is 10.7. The quantitative estimate of drug-likeness (QED) is 0.247. The van der Waals surface area contributed by atoms with Crippen LogP contribution in [0.5, 0.6) is 0 Å². The molecule has 0 aliphatic carbocycles. The van der Waals surface area contributed by atoms with Gasteiger partial charge in [0.05, 0.1) is 13.2 Å². The van der Waals surface area contributed by atoms with Crippen molar-refractivity contribution in [1.29, 1.82) is 0 Å². The van der Waals surface area contributed by atoms with Gasteiger partial charge < -0.3 is 50.0 Å². The third kappa shape index (κ3) is 2.56. The Hall–Kier alpha value is -0.690. The van der Waals surface area contributed by atoms with E-state index in [-0.39, 0.29) is 6.29 Å². The Balaban J connectivity index is 2.35. The minimum Gasteiger partial charge on any atom is -0.394 e. The highest BCUT2D eigenvalue weighted by atomic mass is 16.6. The molecule has 0 aromatic heterocycles. The minimum absolute atomic E-state index is 0.0810. The van der Waals surface area contributed by atoms with Gasteiger partial charge in [-0.1, -0.05) is 0 Å². The van der Waals surface area contributed by atoms with E-state index in [1.54, 1.807) is 0 Å². The molecule has 0 bridgehead atoms. The van der Waals surface area contributed by atoms with Gasteiger partial charge in [-0.05, 0) is 0 Å². The molecule has 2 aliphatic rings. The number of ether oxygens (including phenoxy) is 2. The van der Waals surface area contributed by atoms with Crippen LogP contribution in [0, 0.1) is 0 Å². The van der Waals surface area contributed by atoms with Crippen molar-refractivity contribution in [3.8, 4) is 0 Å². The maximum Gasteiger partial charge on any atom is 0.151 e. The average Bonchev–Trinajstić information content (AvgIpc) is 2.81. The Kier molecular flexibility index (Phi) is 5.16. The summed E-state index contributed by atoms with van der Waals surface area (Å²) in [5.41, 5.74) is -2.42. The average molecular weight is 324 g/mol. The SMILES string of the molecule is O=C[C@@H](O)[C@@H]1OC[C@H](O)[C@]1(O)C1O[C@H](CO)[C@H](O)[C@H](O)[C@H]1O. The summed E-state index contributed by atoms with van der Waals surface area (Å²) in [6.07, 6.45) is -13.3. The van der Waals surface area contributed by atoms with E-state index in [0.29, 0.717) is 0 Å². The van der Waals surface area contributed by atoms with Gasteiger partial charge >= 0.3 is 0 Å². The van der Waals surface area contributed by atoms with Gasteiger partial charge in [0, 0.05) is 0 Å². The summed E-state index contributed by atoms with van der Waals surface area (Å²) in [6, 6.07) is 0. The number of aliphatic hydroxyl groups excluding tert-OH is 6. The van der Waals surface area contributed by atoms with Crippen molar-refractivity contribution < 1.29 is 50.0 Å². The second kappa shape index (κ2) is 6.43. The van der Waals surface area contributed by atoms with Gasteiger partial charge in [-0.15, -0.1) is 0 Å².